The molecule has 0 spiro atoms. The van der Waals surface area contributed by atoms with Crippen LogP contribution in [-0.2, 0) is 6.54 Å². The Balaban J connectivity index is 1.38. The smallest absolute Gasteiger partial charge is 0.204 e. The van der Waals surface area contributed by atoms with Gasteiger partial charge in [-0.1, -0.05) is 78.4 Å². The van der Waals surface area contributed by atoms with E-state index in [1.54, 1.807) is 11.3 Å². The Morgan fingerprint density at radius 1 is 0.938 bits per heavy atom. The molecule has 5 aromatic rings. The van der Waals surface area contributed by atoms with Gasteiger partial charge in [0.2, 0.25) is 5.13 Å². The third-order valence-corrected chi connectivity index (χ3v) is 6.38. The van der Waals surface area contributed by atoms with Gasteiger partial charge in [-0.05, 0) is 25.5 Å². The summed E-state index contributed by atoms with van der Waals surface area (Å²) in [6.45, 7) is 5.02. The topological polar surface area (TPSA) is 42.2 Å². The van der Waals surface area contributed by atoms with Crippen molar-refractivity contribution < 1.29 is 0 Å². The van der Waals surface area contributed by atoms with E-state index in [-0.39, 0.29) is 0 Å². The predicted molar refractivity (Wildman–Crippen MR) is 136 cm³/mol. The molecule has 0 atom stereocenters. The van der Waals surface area contributed by atoms with E-state index in [9.17, 15) is 0 Å². The van der Waals surface area contributed by atoms with E-state index >= 15 is 0 Å². The molecular formula is C27H24N4S. The van der Waals surface area contributed by atoms with Gasteiger partial charge in [-0.3, -0.25) is 5.43 Å². The SMILES string of the molecule is Cc1ccc(-c2nc(N/N=C/c3cn(Cc4ccccc4)c4ccccc34)sc2C)cc1. The van der Waals surface area contributed by atoms with Crippen molar-refractivity contribution in [2.45, 2.75) is 20.4 Å². The average Bonchev–Trinajstić information content (AvgIpc) is 3.35. The van der Waals surface area contributed by atoms with Crippen LogP contribution in [0.25, 0.3) is 22.2 Å². The number of para-hydroxylation sites is 1. The summed E-state index contributed by atoms with van der Waals surface area (Å²) in [5.74, 6) is 0. The molecule has 0 aliphatic carbocycles. The average molecular weight is 437 g/mol. The predicted octanol–water partition coefficient (Wildman–Crippen LogP) is 6.88. The van der Waals surface area contributed by atoms with Gasteiger partial charge >= 0.3 is 0 Å². The number of hydrazone groups is 1. The van der Waals surface area contributed by atoms with Crippen molar-refractivity contribution in [3.63, 3.8) is 0 Å². The first-order valence-electron chi connectivity index (χ1n) is 10.6. The van der Waals surface area contributed by atoms with Gasteiger partial charge < -0.3 is 4.57 Å². The number of rotatable bonds is 6. The number of thiazole rings is 1. The number of aryl methyl sites for hydroxylation is 2. The number of hydrogen-bond donors (Lipinski definition) is 1. The van der Waals surface area contributed by atoms with Crippen LogP contribution in [0.2, 0.25) is 0 Å². The van der Waals surface area contributed by atoms with Crippen LogP contribution < -0.4 is 5.43 Å². The molecule has 3 aromatic carbocycles. The summed E-state index contributed by atoms with van der Waals surface area (Å²) in [6, 6.07) is 27.4. The van der Waals surface area contributed by atoms with Gasteiger partial charge in [-0.2, -0.15) is 5.10 Å². The normalized spacial score (nSPS) is 11.4. The third-order valence-electron chi connectivity index (χ3n) is 5.50. The number of benzene rings is 3. The quantitative estimate of drug-likeness (QED) is 0.233. The summed E-state index contributed by atoms with van der Waals surface area (Å²) < 4.78 is 2.27. The molecule has 0 fully saturated rings. The van der Waals surface area contributed by atoms with Gasteiger partial charge in [0.25, 0.3) is 0 Å². The highest BCUT2D eigenvalue weighted by atomic mass is 32.1. The van der Waals surface area contributed by atoms with E-state index in [0.29, 0.717) is 0 Å². The second kappa shape index (κ2) is 8.81. The number of hydrogen-bond acceptors (Lipinski definition) is 4. The lowest BCUT2D eigenvalue weighted by molar-refractivity contribution is 0.836. The Labute approximate surface area is 191 Å². The van der Waals surface area contributed by atoms with Crippen molar-refractivity contribution in [2.75, 3.05) is 5.43 Å². The minimum Gasteiger partial charge on any atom is -0.342 e. The fourth-order valence-corrected chi connectivity index (χ4v) is 4.65. The van der Waals surface area contributed by atoms with Gasteiger partial charge in [0.05, 0.1) is 11.9 Å². The number of nitrogens with one attached hydrogen (secondary N) is 1. The van der Waals surface area contributed by atoms with Gasteiger partial charge in [-0.25, -0.2) is 4.98 Å². The zero-order valence-corrected chi connectivity index (χ0v) is 18.9. The molecule has 5 rings (SSSR count). The van der Waals surface area contributed by atoms with E-state index < -0.39 is 0 Å². The molecule has 0 aliphatic rings. The first-order chi connectivity index (χ1) is 15.7. The zero-order chi connectivity index (χ0) is 21.9. The Hall–Kier alpha value is -3.70. The summed E-state index contributed by atoms with van der Waals surface area (Å²) >= 11 is 1.62. The lowest BCUT2D eigenvalue weighted by Gasteiger charge is -2.05. The van der Waals surface area contributed by atoms with Crippen LogP contribution in [0.4, 0.5) is 5.13 Å². The highest BCUT2D eigenvalue weighted by Gasteiger charge is 2.10. The molecule has 0 unspecified atom stereocenters. The summed E-state index contributed by atoms with van der Waals surface area (Å²) in [6.07, 6.45) is 4.04. The molecule has 0 radical (unpaired) electrons. The maximum absolute atomic E-state index is 4.75. The Bertz CT molecular complexity index is 1380. The fraction of sp³-hybridized carbons (Fsp3) is 0.111. The Morgan fingerprint density at radius 2 is 1.69 bits per heavy atom. The van der Waals surface area contributed by atoms with Crippen molar-refractivity contribution in [3.05, 3.63) is 107 Å². The highest BCUT2D eigenvalue weighted by molar-refractivity contribution is 7.16. The van der Waals surface area contributed by atoms with Crippen molar-refractivity contribution >= 4 is 33.6 Å². The highest BCUT2D eigenvalue weighted by Crippen LogP contribution is 2.30. The van der Waals surface area contributed by atoms with Gasteiger partial charge in [-0.15, -0.1) is 11.3 Å². The fourth-order valence-electron chi connectivity index (χ4n) is 3.87. The van der Waals surface area contributed by atoms with E-state index in [0.717, 1.165) is 28.5 Å². The van der Waals surface area contributed by atoms with Crippen molar-refractivity contribution in [1.82, 2.24) is 9.55 Å². The van der Waals surface area contributed by atoms with Gasteiger partial charge in [0, 0.05) is 39.6 Å². The summed E-state index contributed by atoms with van der Waals surface area (Å²) in [4.78, 5) is 5.92. The molecule has 0 saturated carbocycles. The third kappa shape index (κ3) is 4.20. The van der Waals surface area contributed by atoms with Crippen LogP contribution in [-0.4, -0.2) is 15.8 Å². The van der Waals surface area contributed by atoms with Crippen LogP contribution in [0.15, 0.2) is 90.2 Å². The molecule has 2 heterocycles. The number of anilines is 1. The van der Waals surface area contributed by atoms with E-state index in [2.05, 4.69) is 108 Å². The number of fused-ring (bicyclic) bond motifs is 1. The minimum absolute atomic E-state index is 0.794. The van der Waals surface area contributed by atoms with Gasteiger partial charge in [0.1, 0.15) is 0 Å². The largest absolute Gasteiger partial charge is 0.342 e. The van der Waals surface area contributed by atoms with Crippen LogP contribution >= 0.6 is 11.3 Å². The monoisotopic (exact) mass is 436 g/mol. The van der Waals surface area contributed by atoms with E-state index in [1.807, 2.05) is 12.3 Å². The number of nitrogens with zero attached hydrogens (tertiary/aromatic N) is 3. The van der Waals surface area contributed by atoms with E-state index in [1.165, 1.54) is 26.9 Å². The van der Waals surface area contributed by atoms with Gasteiger partial charge in [0.15, 0.2) is 0 Å². The molecule has 32 heavy (non-hydrogen) atoms. The first kappa shape index (κ1) is 20.2. The lowest BCUT2D eigenvalue weighted by atomic mass is 10.1. The van der Waals surface area contributed by atoms with Crippen molar-refractivity contribution in [3.8, 4) is 11.3 Å². The summed E-state index contributed by atoms with van der Waals surface area (Å²) in [7, 11) is 0. The maximum atomic E-state index is 4.75. The molecule has 0 aliphatic heterocycles. The molecule has 4 nitrogen and oxygen atoms in total. The second-order valence-electron chi connectivity index (χ2n) is 7.87. The maximum Gasteiger partial charge on any atom is 0.204 e. The molecule has 5 heteroatoms. The van der Waals surface area contributed by atoms with Crippen molar-refractivity contribution in [1.29, 1.82) is 0 Å². The standard InChI is InChI=1S/C27H24N4S/c1-19-12-14-22(15-13-19)26-20(2)32-27(29-26)30-28-16-23-18-31(17-21-8-4-3-5-9-21)25-11-7-6-10-24(23)25/h3-16,18H,17H2,1-2H3,(H,29,30)/b28-16+. The molecule has 0 saturated heterocycles. The zero-order valence-electron chi connectivity index (χ0n) is 18.1. The summed E-state index contributed by atoms with van der Waals surface area (Å²) in [5.41, 5.74) is 10.1. The second-order valence-corrected chi connectivity index (χ2v) is 9.08. The van der Waals surface area contributed by atoms with Crippen LogP contribution in [0.5, 0.6) is 0 Å². The molecule has 2 aromatic heterocycles. The van der Waals surface area contributed by atoms with E-state index in [4.69, 9.17) is 4.98 Å². The Kier molecular flexibility index (Phi) is 5.57. The summed E-state index contributed by atoms with van der Waals surface area (Å²) in [5, 5.41) is 6.48. The minimum atomic E-state index is 0.794. The Morgan fingerprint density at radius 3 is 2.50 bits per heavy atom. The molecule has 0 bridgehead atoms. The molecule has 1 N–H and O–H groups in total. The van der Waals surface area contributed by atoms with Crippen LogP contribution in [0, 0.1) is 13.8 Å². The number of aromatic nitrogens is 2. The molecule has 158 valence electrons. The van der Waals surface area contributed by atoms with Crippen LogP contribution in [0.1, 0.15) is 21.6 Å². The van der Waals surface area contributed by atoms with Crippen molar-refractivity contribution in [2.24, 2.45) is 5.10 Å². The lowest BCUT2D eigenvalue weighted by Crippen LogP contribution is -1.97. The molecular weight excluding hydrogens is 412 g/mol. The van der Waals surface area contributed by atoms with Crippen LogP contribution in [0.3, 0.4) is 0 Å². The first-order valence-corrected chi connectivity index (χ1v) is 11.4. The molecule has 0 amide bonds.